The van der Waals surface area contributed by atoms with Crippen LogP contribution < -0.4 is 0 Å². The molecular formula is C37H47N3O4S. The van der Waals surface area contributed by atoms with E-state index in [1.54, 1.807) is 38.6 Å². The Bertz CT molecular complexity index is 1390. The molecule has 45 heavy (non-hydrogen) atoms. The zero-order valence-electron chi connectivity index (χ0n) is 26.8. The fourth-order valence-corrected chi connectivity index (χ4v) is 10.4. The highest BCUT2D eigenvalue weighted by molar-refractivity contribution is 8.02. The molecule has 8 atom stereocenters. The van der Waals surface area contributed by atoms with Gasteiger partial charge >= 0.3 is 0 Å². The lowest BCUT2D eigenvalue weighted by molar-refractivity contribution is -0.148. The van der Waals surface area contributed by atoms with Crippen molar-refractivity contribution in [3.63, 3.8) is 0 Å². The number of fused-ring (bicyclic) bond motifs is 1. The van der Waals surface area contributed by atoms with E-state index in [1.165, 1.54) is 0 Å². The molecule has 0 radical (unpaired) electrons. The first-order valence-corrected chi connectivity index (χ1v) is 17.1. The van der Waals surface area contributed by atoms with Gasteiger partial charge in [-0.2, -0.15) is 0 Å². The summed E-state index contributed by atoms with van der Waals surface area (Å²) in [6.45, 7) is 15.3. The quantitative estimate of drug-likeness (QED) is 0.292. The normalized spacial score (nSPS) is 28.0. The van der Waals surface area contributed by atoms with Gasteiger partial charge in [0.1, 0.15) is 6.04 Å². The molecule has 0 aromatic heterocycles. The van der Waals surface area contributed by atoms with E-state index >= 15 is 0 Å². The van der Waals surface area contributed by atoms with Crippen LogP contribution in [0.25, 0.3) is 0 Å². The number of rotatable bonds is 14. The lowest BCUT2D eigenvalue weighted by atomic mass is 9.65. The zero-order valence-corrected chi connectivity index (χ0v) is 27.6. The van der Waals surface area contributed by atoms with Crippen molar-refractivity contribution in [2.45, 2.75) is 68.8 Å². The van der Waals surface area contributed by atoms with E-state index in [1.807, 2.05) is 74.5 Å². The van der Waals surface area contributed by atoms with Gasteiger partial charge in [0.2, 0.25) is 17.7 Å². The van der Waals surface area contributed by atoms with E-state index in [9.17, 15) is 19.5 Å². The second kappa shape index (κ2) is 14.0. The molecule has 3 heterocycles. The SMILES string of the molecule is C=CCN(Cc1ccccc1)C(=O)C1N([C@@H](CO)[C@@H](C)CC)C(=O)[C@@H]2[C@H](C(=O)N(CC=C)Cc3ccccc3)[C@@H]3CC(C)C12S3. The smallest absolute Gasteiger partial charge is 0.247 e. The summed E-state index contributed by atoms with van der Waals surface area (Å²) in [5.41, 5.74) is 2.00. The van der Waals surface area contributed by atoms with Gasteiger partial charge < -0.3 is 19.8 Å². The number of aliphatic hydroxyl groups is 1. The summed E-state index contributed by atoms with van der Waals surface area (Å²) in [6, 6.07) is 18.4. The van der Waals surface area contributed by atoms with Gasteiger partial charge in [-0.1, -0.05) is 100 Å². The molecule has 3 aliphatic heterocycles. The minimum absolute atomic E-state index is 0.0324. The van der Waals surface area contributed by atoms with Gasteiger partial charge in [0.25, 0.3) is 0 Å². The maximum absolute atomic E-state index is 14.9. The zero-order chi connectivity index (χ0) is 32.3. The Balaban J connectivity index is 1.58. The van der Waals surface area contributed by atoms with Crippen LogP contribution in [0.1, 0.15) is 44.7 Å². The molecule has 2 bridgehead atoms. The highest BCUT2D eigenvalue weighted by atomic mass is 32.2. The summed E-state index contributed by atoms with van der Waals surface area (Å²) in [5.74, 6) is -1.59. The monoisotopic (exact) mass is 629 g/mol. The third-order valence-electron chi connectivity index (χ3n) is 10.3. The third kappa shape index (κ3) is 5.87. The van der Waals surface area contributed by atoms with E-state index in [0.717, 1.165) is 24.0 Å². The first-order valence-electron chi connectivity index (χ1n) is 16.2. The molecular weight excluding hydrogens is 582 g/mol. The molecule has 2 aromatic rings. The van der Waals surface area contributed by atoms with Crippen molar-refractivity contribution in [3.8, 4) is 0 Å². The van der Waals surface area contributed by atoms with Crippen molar-refractivity contribution in [1.29, 1.82) is 0 Å². The van der Waals surface area contributed by atoms with Gasteiger partial charge in [-0.15, -0.1) is 24.9 Å². The minimum atomic E-state index is -0.797. The van der Waals surface area contributed by atoms with Gasteiger partial charge in [-0.05, 0) is 29.4 Å². The molecule has 2 aromatic carbocycles. The highest BCUT2D eigenvalue weighted by Crippen LogP contribution is 2.69. The fraction of sp³-hybridized carbons (Fsp3) is 0.486. The molecule has 3 fully saturated rings. The predicted molar refractivity (Wildman–Crippen MR) is 180 cm³/mol. The molecule has 7 nitrogen and oxygen atoms in total. The summed E-state index contributed by atoms with van der Waals surface area (Å²) < 4.78 is -0.775. The molecule has 1 N–H and O–H groups in total. The van der Waals surface area contributed by atoms with E-state index in [4.69, 9.17) is 0 Å². The van der Waals surface area contributed by atoms with Crippen LogP contribution in [0.2, 0.25) is 0 Å². The lowest BCUT2D eigenvalue weighted by Gasteiger charge is -2.43. The fourth-order valence-electron chi connectivity index (χ4n) is 7.96. The molecule has 0 saturated carbocycles. The molecule has 5 rings (SSSR count). The predicted octanol–water partition coefficient (Wildman–Crippen LogP) is 5.16. The van der Waals surface area contributed by atoms with Crippen molar-refractivity contribution in [1.82, 2.24) is 14.7 Å². The van der Waals surface area contributed by atoms with Crippen molar-refractivity contribution in [3.05, 3.63) is 97.1 Å². The average Bonchev–Trinajstić information content (AvgIpc) is 3.65. The lowest BCUT2D eigenvalue weighted by Crippen LogP contribution is -2.60. The highest BCUT2D eigenvalue weighted by Gasteiger charge is 2.77. The summed E-state index contributed by atoms with van der Waals surface area (Å²) in [5, 5.41) is 10.7. The summed E-state index contributed by atoms with van der Waals surface area (Å²) in [7, 11) is 0. The standard InChI is InChI=1S/C37H47N3O4S/c1-6-19-38(22-27-15-11-9-12-16-27)34(42)31-30-21-26(5)37(45-30)32(31)35(43)40(29(24-41)25(4)8-3)33(37)36(44)39(20-7-2)23-28-17-13-10-14-18-28/h6-7,9-18,25-26,29-33,41H,1-2,8,19-24H2,3-5H3/t25-,26?,29-,30-,31+,32-,33?,37?/m0/s1. The average molecular weight is 630 g/mol. The summed E-state index contributed by atoms with van der Waals surface area (Å²) >= 11 is 1.68. The third-order valence-corrected chi connectivity index (χ3v) is 12.4. The first kappa shape index (κ1) is 33.0. The van der Waals surface area contributed by atoms with Crippen LogP contribution >= 0.6 is 11.8 Å². The van der Waals surface area contributed by atoms with Crippen LogP contribution in [-0.4, -0.2) is 79.3 Å². The maximum atomic E-state index is 14.9. The Morgan fingerprint density at radius 3 is 2.02 bits per heavy atom. The second-order valence-corrected chi connectivity index (χ2v) is 14.5. The number of thioether (sulfide) groups is 1. The number of amides is 3. The summed E-state index contributed by atoms with van der Waals surface area (Å²) in [4.78, 5) is 49.6. The Kier molecular flexibility index (Phi) is 10.2. The van der Waals surface area contributed by atoms with Crippen LogP contribution in [-0.2, 0) is 27.5 Å². The first-order chi connectivity index (χ1) is 21.7. The van der Waals surface area contributed by atoms with Crippen molar-refractivity contribution in [2.75, 3.05) is 19.7 Å². The molecule has 8 heteroatoms. The molecule has 0 aliphatic carbocycles. The number of carbonyl (C=O) groups excluding carboxylic acids is 3. The van der Waals surface area contributed by atoms with Gasteiger partial charge in [-0.25, -0.2) is 0 Å². The number of nitrogens with zero attached hydrogens (tertiary/aromatic N) is 3. The van der Waals surface area contributed by atoms with Crippen LogP contribution in [0.3, 0.4) is 0 Å². The maximum Gasteiger partial charge on any atom is 0.247 e. The van der Waals surface area contributed by atoms with Gasteiger partial charge in [0, 0.05) is 31.4 Å². The summed E-state index contributed by atoms with van der Waals surface area (Å²) in [6.07, 6.45) is 4.95. The van der Waals surface area contributed by atoms with E-state index < -0.39 is 28.7 Å². The molecule has 3 aliphatic rings. The van der Waals surface area contributed by atoms with Crippen LogP contribution in [0, 0.1) is 23.7 Å². The Labute approximate surface area is 272 Å². The molecule has 1 spiro atoms. The van der Waals surface area contributed by atoms with Gasteiger partial charge in [0.05, 0.1) is 29.2 Å². The van der Waals surface area contributed by atoms with E-state index in [0.29, 0.717) is 26.2 Å². The largest absolute Gasteiger partial charge is 0.394 e. The Morgan fingerprint density at radius 1 is 1.00 bits per heavy atom. The second-order valence-electron chi connectivity index (χ2n) is 12.9. The number of carbonyl (C=O) groups is 3. The van der Waals surface area contributed by atoms with Crippen LogP contribution in [0.5, 0.6) is 0 Å². The van der Waals surface area contributed by atoms with Crippen molar-refractivity contribution in [2.24, 2.45) is 23.7 Å². The van der Waals surface area contributed by atoms with Crippen LogP contribution in [0.4, 0.5) is 0 Å². The Hall–Kier alpha value is -3.36. The topological polar surface area (TPSA) is 81.2 Å². The minimum Gasteiger partial charge on any atom is -0.394 e. The number of hydrogen-bond donors (Lipinski definition) is 1. The number of likely N-dealkylation sites (tertiary alicyclic amines) is 1. The van der Waals surface area contributed by atoms with Crippen LogP contribution in [0.15, 0.2) is 86.0 Å². The molecule has 240 valence electrons. The number of aliphatic hydroxyl groups excluding tert-OH is 1. The van der Waals surface area contributed by atoms with Crippen molar-refractivity contribution < 1.29 is 19.5 Å². The van der Waals surface area contributed by atoms with Crippen molar-refractivity contribution >= 4 is 29.5 Å². The Morgan fingerprint density at radius 2 is 1.53 bits per heavy atom. The van der Waals surface area contributed by atoms with E-state index in [-0.39, 0.29) is 41.4 Å². The number of hydrogen-bond acceptors (Lipinski definition) is 5. The van der Waals surface area contributed by atoms with Gasteiger partial charge in [0.15, 0.2) is 0 Å². The molecule has 3 unspecified atom stereocenters. The molecule has 3 amide bonds. The van der Waals surface area contributed by atoms with Gasteiger partial charge in [-0.3, -0.25) is 14.4 Å². The molecule has 3 saturated heterocycles. The number of benzene rings is 2. The van der Waals surface area contributed by atoms with E-state index in [2.05, 4.69) is 20.1 Å².